The van der Waals surface area contributed by atoms with Crippen LogP contribution in [0.4, 0.5) is 0 Å². The first-order valence-electron chi connectivity index (χ1n) is 7.27. The zero-order valence-corrected chi connectivity index (χ0v) is 13.2. The van der Waals surface area contributed by atoms with Crippen molar-refractivity contribution in [3.63, 3.8) is 0 Å². The van der Waals surface area contributed by atoms with Gasteiger partial charge in [0.05, 0.1) is 0 Å². The Morgan fingerprint density at radius 3 is 2.20 bits per heavy atom. The first-order valence-corrected chi connectivity index (χ1v) is 7.27. The van der Waals surface area contributed by atoms with Gasteiger partial charge in [0.1, 0.15) is 0 Å². The number of pyridine rings is 1. The number of rotatable bonds is 4. The zero-order valence-electron chi connectivity index (χ0n) is 13.2. The molecule has 1 heterocycles. The number of aryl methyl sites for hydroxylation is 2. The Bertz CT molecular complexity index is 589. The Morgan fingerprint density at radius 1 is 0.950 bits per heavy atom. The van der Waals surface area contributed by atoms with Crippen molar-refractivity contribution >= 4 is 0 Å². The second-order valence-corrected chi connectivity index (χ2v) is 5.50. The average molecular weight is 268 g/mol. The van der Waals surface area contributed by atoms with Crippen LogP contribution in [0.25, 0.3) is 11.1 Å². The van der Waals surface area contributed by atoms with Crippen LogP contribution in [0, 0.1) is 27.7 Å². The summed E-state index contributed by atoms with van der Waals surface area (Å²) in [4.78, 5) is 4.42. The summed E-state index contributed by atoms with van der Waals surface area (Å²) < 4.78 is 0. The van der Waals surface area contributed by atoms with Crippen LogP contribution >= 0.6 is 0 Å². The summed E-state index contributed by atoms with van der Waals surface area (Å²) in [7, 11) is 0. The summed E-state index contributed by atoms with van der Waals surface area (Å²) in [6.07, 6.45) is 3.92. The molecule has 0 spiro atoms. The molecule has 0 bridgehead atoms. The highest BCUT2D eigenvalue weighted by atomic mass is 14.8. The second-order valence-electron chi connectivity index (χ2n) is 5.50. The largest absolute Gasteiger partial charge is 0.313 e. The van der Waals surface area contributed by atoms with Gasteiger partial charge in [-0.2, -0.15) is 0 Å². The number of aromatic nitrogens is 1. The molecule has 0 aliphatic heterocycles. The molecule has 0 aliphatic rings. The Kier molecular flexibility index (Phi) is 4.56. The van der Waals surface area contributed by atoms with Crippen molar-refractivity contribution in [3.05, 3.63) is 52.3 Å². The van der Waals surface area contributed by atoms with Crippen molar-refractivity contribution in [2.45, 2.75) is 41.2 Å². The van der Waals surface area contributed by atoms with E-state index in [4.69, 9.17) is 0 Å². The van der Waals surface area contributed by atoms with E-state index < -0.39 is 0 Å². The predicted octanol–water partition coefficient (Wildman–Crippen LogP) is 4.09. The maximum Gasteiger partial charge on any atom is 0.0346 e. The molecule has 0 unspecified atom stereocenters. The highest BCUT2D eigenvalue weighted by molar-refractivity contribution is 5.73. The molecule has 2 rings (SSSR count). The first-order chi connectivity index (χ1) is 9.54. The zero-order chi connectivity index (χ0) is 14.7. The van der Waals surface area contributed by atoms with Crippen molar-refractivity contribution in [2.24, 2.45) is 0 Å². The predicted molar refractivity (Wildman–Crippen MR) is 86.0 cm³/mol. The van der Waals surface area contributed by atoms with Gasteiger partial charge in [0.2, 0.25) is 0 Å². The summed E-state index contributed by atoms with van der Waals surface area (Å²) in [5, 5.41) is 3.36. The van der Waals surface area contributed by atoms with Gasteiger partial charge in [0, 0.05) is 24.5 Å². The van der Waals surface area contributed by atoms with E-state index >= 15 is 0 Å². The number of nitrogens with zero attached hydrogens (tertiary/aromatic N) is 1. The van der Waals surface area contributed by atoms with Gasteiger partial charge in [0.25, 0.3) is 0 Å². The van der Waals surface area contributed by atoms with Crippen LogP contribution in [0.15, 0.2) is 24.5 Å². The molecule has 20 heavy (non-hydrogen) atoms. The molecular weight excluding hydrogens is 244 g/mol. The lowest BCUT2D eigenvalue weighted by molar-refractivity contribution is 0.724. The number of hydrogen-bond donors (Lipinski definition) is 1. The molecule has 0 aliphatic carbocycles. The molecular formula is C18H24N2. The minimum Gasteiger partial charge on any atom is -0.313 e. The molecule has 0 amide bonds. The van der Waals surface area contributed by atoms with Crippen molar-refractivity contribution < 1.29 is 0 Å². The van der Waals surface area contributed by atoms with Gasteiger partial charge in [-0.05, 0) is 73.7 Å². The summed E-state index contributed by atoms with van der Waals surface area (Å²) in [6, 6.07) is 4.52. The van der Waals surface area contributed by atoms with Gasteiger partial charge in [-0.25, -0.2) is 0 Å². The summed E-state index contributed by atoms with van der Waals surface area (Å²) >= 11 is 0. The monoisotopic (exact) mass is 268 g/mol. The van der Waals surface area contributed by atoms with E-state index in [1.807, 2.05) is 12.4 Å². The van der Waals surface area contributed by atoms with Crippen LogP contribution in [0.1, 0.15) is 34.7 Å². The van der Waals surface area contributed by atoms with E-state index in [1.165, 1.54) is 38.9 Å². The Morgan fingerprint density at radius 2 is 1.60 bits per heavy atom. The normalized spacial score (nSPS) is 10.8. The second kappa shape index (κ2) is 6.19. The highest BCUT2D eigenvalue weighted by Crippen LogP contribution is 2.31. The topological polar surface area (TPSA) is 24.9 Å². The molecule has 0 fully saturated rings. The number of hydrogen-bond acceptors (Lipinski definition) is 2. The maximum atomic E-state index is 4.42. The molecule has 0 radical (unpaired) electrons. The summed E-state index contributed by atoms with van der Waals surface area (Å²) in [5.41, 5.74) is 9.21. The molecule has 2 heteroatoms. The molecule has 1 aromatic heterocycles. The maximum absolute atomic E-state index is 4.42. The van der Waals surface area contributed by atoms with Crippen LogP contribution in [0.5, 0.6) is 0 Å². The lowest BCUT2D eigenvalue weighted by Gasteiger charge is -2.16. The van der Waals surface area contributed by atoms with E-state index in [0.717, 1.165) is 13.1 Å². The molecule has 1 aromatic carbocycles. The van der Waals surface area contributed by atoms with Crippen molar-refractivity contribution in [1.82, 2.24) is 10.3 Å². The molecule has 2 aromatic rings. The van der Waals surface area contributed by atoms with Crippen LogP contribution in [0.2, 0.25) is 0 Å². The van der Waals surface area contributed by atoms with E-state index in [0.29, 0.717) is 0 Å². The standard InChI is InChI=1S/C18H24N2/c1-6-19-9-16-8-17(11-20-10-16)18-14(4)12(2)7-13(3)15(18)5/h7-8,10-11,19H,6,9H2,1-5H3. The van der Waals surface area contributed by atoms with Crippen molar-refractivity contribution in [1.29, 1.82) is 0 Å². The molecule has 106 valence electrons. The Labute approximate surface area is 122 Å². The Hall–Kier alpha value is -1.67. The fourth-order valence-electron chi connectivity index (χ4n) is 2.64. The minimum absolute atomic E-state index is 0.875. The molecule has 1 N–H and O–H groups in total. The minimum atomic E-state index is 0.875. The smallest absolute Gasteiger partial charge is 0.0346 e. The fraction of sp³-hybridized carbons (Fsp3) is 0.389. The van der Waals surface area contributed by atoms with Gasteiger partial charge in [-0.15, -0.1) is 0 Å². The average Bonchev–Trinajstić information content (AvgIpc) is 2.44. The molecule has 2 nitrogen and oxygen atoms in total. The third-order valence-electron chi connectivity index (χ3n) is 4.03. The molecule has 0 saturated heterocycles. The van der Waals surface area contributed by atoms with Crippen LogP contribution in [-0.4, -0.2) is 11.5 Å². The third kappa shape index (κ3) is 2.91. The number of nitrogens with one attached hydrogen (secondary N) is 1. The first kappa shape index (κ1) is 14.7. The number of benzene rings is 1. The van der Waals surface area contributed by atoms with E-state index in [1.54, 1.807) is 0 Å². The van der Waals surface area contributed by atoms with Crippen LogP contribution in [-0.2, 0) is 6.54 Å². The lowest BCUT2D eigenvalue weighted by atomic mass is 9.90. The lowest BCUT2D eigenvalue weighted by Crippen LogP contribution is -2.11. The van der Waals surface area contributed by atoms with E-state index in [-0.39, 0.29) is 0 Å². The fourth-order valence-corrected chi connectivity index (χ4v) is 2.64. The third-order valence-corrected chi connectivity index (χ3v) is 4.03. The quantitative estimate of drug-likeness (QED) is 0.903. The van der Waals surface area contributed by atoms with Crippen LogP contribution < -0.4 is 5.32 Å². The van der Waals surface area contributed by atoms with Crippen molar-refractivity contribution in [2.75, 3.05) is 6.54 Å². The van der Waals surface area contributed by atoms with Gasteiger partial charge < -0.3 is 5.32 Å². The van der Waals surface area contributed by atoms with E-state index in [9.17, 15) is 0 Å². The molecule has 0 saturated carbocycles. The van der Waals surface area contributed by atoms with Gasteiger partial charge in [-0.3, -0.25) is 4.98 Å². The summed E-state index contributed by atoms with van der Waals surface area (Å²) in [5.74, 6) is 0. The molecule has 0 atom stereocenters. The van der Waals surface area contributed by atoms with Crippen molar-refractivity contribution in [3.8, 4) is 11.1 Å². The van der Waals surface area contributed by atoms with Gasteiger partial charge in [0.15, 0.2) is 0 Å². The van der Waals surface area contributed by atoms with E-state index in [2.05, 4.69) is 57.1 Å². The summed E-state index contributed by atoms with van der Waals surface area (Å²) in [6.45, 7) is 12.7. The highest BCUT2D eigenvalue weighted by Gasteiger charge is 2.11. The van der Waals surface area contributed by atoms with Gasteiger partial charge >= 0.3 is 0 Å². The Balaban J connectivity index is 2.51. The SMILES string of the molecule is CCNCc1cncc(-c2c(C)c(C)cc(C)c2C)c1. The van der Waals surface area contributed by atoms with Gasteiger partial charge in [-0.1, -0.05) is 13.0 Å². The van der Waals surface area contributed by atoms with Crippen LogP contribution in [0.3, 0.4) is 0 Å².